The lowest BCUT2D eigenvalue weighted by Crippen LogP contribution is -2.40. The van der Waals surface area contributed by atoms with Gasteiger partial charge in [0.25, 0.3) is 0 Å². The second kappa shape index (κ2) is 6.21. The number of benzene rings is 1. The number of nitrogens with zero attached hydrogens (tertiary/aromatic N) is 3. The van der Waals surface area contributed by atoms with Crippen molar-refractivity contribution >= 4 is 5.91 Å². The van der Waals surface area contributed by atoms with E-state index in [0.29, 0.717) is 12.4 Å². The molecule has 1 amide bonds. The van der Waals surface area contributed by atoms with E-state index in [4.69, 9.17) is 0 Å². The molecule has 5 nitrogen and oxygen atoms in total. The number of hydrogen-bond acceptors (Lipinski definition) is 3. The summed E-state index contributed by atoms with van der Waals surface area (Å²) in [5.74, 6) is -0.882. The molecule has 7 heteroatoms. The molecule has 1 aliphatic rings. The number of aromatic nitrogens is 3. The number of rotatable bonds is 3. The Labute approximate surface area is 126 Å². The molecule has 1 aromatic carbocycles. The summed E-state index contributed by atoms with van der Waals surface area (Å²) in [4.78, 5) is 18.3. The maximum atomic E-state index is 13.7. The fourth-order valence-electron chi connectivity index (χ4n) is 2.82. The van der Waals surface area contributed by atoms with Gasteiger partial charge in [-0.15, -0.1) is 0 Å². The van der Waals surface area contributed by atoms with Crippen LogP contribution < -0.4 is 0 Å². The quantitative estimate of drug-likeness (QED) is 0.947. The minimum atomic E-state index is -0.693. The van der Waals surface area contributed by atoms with Crippen LogP contribution in [0.25, 0.3) is 0 Å². The second-order valence-corrected chi connectivity index (χ2v) is 5.38. The smallest absolute Gasteiger partial charge is 0.227 e. The molecule has 0 saturated carbocycles. The summed E-state index contributed by atoms with van der Waals surface area (Å²) in [7, 11) is 0. The van der Waals surface area contributed by atoms with Gasteiger partial charge in [0, 0.05) is 12.6 Å². The van der Waals surface area contributed by atoms with Crippen molar-refractivity contribution in [1.82, 2.24) is 20.1 Å². The fraction of sp³-hybridized carbons (Fsp3) is 0.400. The molecule has 0 bridgehead atoms. The number of hydrogen-bond donors (Lipinski definition) is 1. The first kappa shape index (κ1) is 14.6. The van der Waals surface area contributed by atoms with E-state index < -0.39 is 11.6 Å². The Hall–Kier alpha value is -2.31. The number of likely N-dealkylation sites (tertiary alicyclic amines) is 1. The summed E-state index contributed by atoms with van der Waals surface area (Å²) < 4.78 is 26.6. The van der Waals surface area contributed by atoms with Gasteiger partial charge in [-0.05, 0) is 30.9 Å². The largest absolute Gasteiger partial charge is 0.332 e. The molecule has 1 fully saturated rings. The highest BCUT2D eigenvalue weighted by atomic mass is 19.1. The number of carbonyl (C=O) groups is 1. The van der Waals surface area contributed by atoms with Gasteiger partial charge in [-0.3, -0.25) is 9.89 Å². The zero-order valence-corrected chi connectivity index (χ0v) is 11.9. The second-order valence-electron chi connectivity index (χ2n) is 5.38. The molecule has 0 radical (unpaired) electrons. The number of halogens is 2. The number of H-pyrrole nitrogens is 1. The topological polar surface area (TPSA) is 61.9 Å². The van der Waals surface area contributed by atoms with Crippen LogP contribution in [-0.4, -0.2) is 32.5 Å². The minimum Gasteiger partial charge on any atom is -0.332 e. The van der Waals surface area contributed by atoms with Gasteiger partial charge in [0.15, 0.2) is 0 Å². The highest BCUT2D eigenvalue weighted by molar-refractivity contribution is 5.79. The molecule has 0 spiro atoms. The molecule has 0 unspecified atom stereocenters. The average Bonchev–Trinajstić information content (AvgIpc) is 3.04. The van der Waals surface area contributed by atoms with Crippen LogP contribution in [0.5, 0.6) is 0 Å². The standard InChI is InChI=1S/C15H16F2N4O/c16-11-5-4-10(12(17)8-11)7-14(22)21-6-2-1-3-13(21)15-18-9-19-20-15/h4-5,8-9,13H,1-3,6-7H2,(H,18,19,20)/t13-/m1/s1. The zero-order valence-electron chi connectivity index (χ0n) is 11.9. The van der Waals surface area contributed by atoms with Gasteiger partial charge in [0.05, 0.1) is 12.5 Å². The van der Waals surface area contributed by atoms with E-state index in [1.165, 1.54) is 12.4 Å². The molecule has 22 heavy (non-hydrogen) atoms. The van der Waals surface area contributed by atoms with Gasteiger partial charge in [0.1, 0.15) is 23.8 Å². The van der Waals surface area contributed by atoms with E-state index in [1.54, 1.807) is 4.90 Å². The lowest BCUT2D eigenvalue weighted by Gasteiger charge is -2.34. The number of aromatic amines is 1. The Bertz CT molecular complexity index is 660. The first-order chi connectivity index (χ1) is 10.6. The first-order valence-electron chi connectivity index (χ1n) is 7.24. The third-order valence-electron chi connectivity index (χ3n) is 3.93. The van der Waals surface area contributed by atoms with E-state index >= 15 is 0 Å². The third kappa shape index (κ3) is 2.98. The van der Waals surface area contributed by atoms with Crippen LogP contribution in [-0.2, 0) is 11.2 Å². The predicted molar refractivity (Wildman–Crippen MR) is 74.7 cm³/mol. The van der Waals surface area contributed by atoms with Crippen LogP contribution in [0.1, 0.15) is 36.7 Å². The summed E-state index contributed by atoms with van der Waals surface area (Å²) in [6.45, 7) is 0.604. The van der Waals surface area contributed by atoms with Crippen molar-refractivity contribution < 1.29 is 13.6 Å². The Morgan fingerprint density at radius 3 is 2.95 bits per heavy atom. The first-order valence-corrected chi connectivity index (χ1v) is 7.24. The summed E-state index contributed by atoms with van der Waals surface area (Å²) in [6.07, 6.45) is 4.03. The zero-order chi connectivity index (χ0) is 15.5. The maximum absolute atomic E-state index is 13.7. The van der Waals surface area contributed by atoms with Crippen molar-refractivity contribution in [2.75, 3.05) is 6.54 Å². The van der Waals surface area contributed by atoms with E-state index in [9.17, 15) is 13.6 Å². The Morgan fingerprint density at radius 1 is 1.36 bits per heavy atom. The summed E-state index contributed by atoms with van der Waals surface area (Å²) in [6, 6.07) is 3.12. The number of piperidine rings is 1. The molecule has 116 valence electrons. The van der Waals surface area contributed by atoms with Gasteiger partial charge in [-0.25, -0.2) is 13.8 Å². The third-order valence-corrected chi connectivity index (χ3v) is 3.93. The normalized spacial score (nSPS) is 18.5. The number of carbonyl (C=O) groups excluding carboxylic acids is 1. The minimum absolute atomic E-state index is 0.0866. The van der Waals surface area contributed by atoms with Crippen LogP contribution in [0.3, 0.4) is 0 Å². The van der Waals surface area contributed by atoms with Gasteiger partial charge >= 0.3 is 0 Å². The van der Waals surface area contributed by atoms with Crippen LogP contribution in [0.4, 0.5) is 8.78 Å². The molecule has 1 saturated heterocycles. The highest BCUT2D eigenvalue weighted by Crippen LogP contribution is 2.29. The van der Waals surface area contributed by atoms with Gasteiger partial charge in [-0.2, -0.15) is 5.10 Å². The van der Waals surface area contributed by atoms with Gasteiger partial charge in [0.2, 0.25) is 5.91 Å². The van der Waals surface area contributed by atoms with Crippen molar-refractivity contribution in [3.05, 3.63) is 47.5 Å². The van der Waals surface area contributed by atoms with Crippen molar-refractivity contribution in [2.24, 2.45) is 0 Å². The molecule has 3 rings (SSSR count). The van der Waals surface area contributed by atoms with E-state index in [-0.39, 0.29) is 23.9 Å². The molecule has 1 aromatic heterocycles. The summed E-state index contributed by atoms with van der Waals surface area (Å²) in [5, 5.41) is 6.62. The SMILES string of the molecule is O=C(Cc1ccc(F)cc1F)N1CCCC[C@@H]1c1ncn[nH]1. The van der Waals surface area contributed by atoms with Gasteiger partial charge < -0.3 is 4.90 Å². The van der Waals surface area contributed by atoms with Crippen molar-refractivity contribution in [3.63, 3.8) is 0 Å². The summed E-state index contributed by atoms with van der Waals surface area (Å²) >= 11 is 0. The Kier molecular flexibility index (Phi) is 4.13. The molecule has 1 atom stereocenters. The van der Waals surface area contributed by atoms with E-state index in [2.05, 4.69) is 15.2 Å². The van der Waals surface area contributed by atoms with E-state index in [1.807, 2.05) is 0 Å². The van der Waals surface area contributed by atoms with Crippen molar-refractivity contribution in [2.45, 2.75) is 31.7 Å². The Morgan fingerprint density at radius 2 is 2.23 bits per heavy atom. The Balaban J connectivity index is 1.77. The van der Waals surface area contributed by atoms with Crippen LogP contribution >= 0.6 is 0 Å². The number of amides is 1. The predicted octanol–water partition coefficient (Wildman–Crippen LogP) is 2.38. The molecule has 0 aliphatic carbocycles. The molecular weight excluding hydrogens is 290 g/mol. The summed E-state index contributed by atoms with van der Waals surface area (Å²) in [5.41, 5.74) is 0.202. The van der Waals surface area contributed by atoms with Crippen LogP contribution in [0, 0.1) is 11.6 Å². The molecular formula is C15H16F2N4O. The lowest BCUT2D eigenvalue weighted by atomic mass is 10.00. The average molecular weight is 306 g/mol. The molecule has 2 heterocycles. The fourth-order valence-corrected chi connectivity index (χ4v) is 2.82. The van der Waals surface area contributed by atoms with Crippen molar-refractivity contribution in [3.8, 4) is 0 Å². The van der Waals surface area contributed by atoms with Crippen molar-refractivity contribution in [1.29, 1.82) is 0 Å². The molecule has 2 aromatic rings. The molecule has 1 N–H and O–H groups in total. The van der Waals surface area contributed by atoms with E-state index in [0.717, 1.165) is 31.4 Å². The monoisotopic (exact) mass is 306 g/mol. The number of nitrogens with one attached hydrogen (secondary N) is 1. The highest BCUT2D eigenvalue weighted by Gasteiger charge is 2.30. The van der Waals surface area contributed by atoms with Gasteiger partial charge in [-0.1, -0.05) is 6.07 Å². The van der Waals surface area contributed by atoms with Crippen LogP contribution in [0.2, 0.25) is 0 Å². The lowest BCUT2D eigenvalue weighted by molar-refractivity contribution is -0.134. The molecule has 1 aliphatic heterocycles. The maximum Gasteiger partial charge on any atom is 0.227 e. The van der Waals surface area contributed by atoms with Crippen LogP contribution in [0.15, 0.2) is 24.5 Å².